The fourth-order valence-electron chi connectivity index (χ4n) is 6.60. The summed E-state index contributed by atoms with van der Waals surface area (Å²) >= 11 is 0. The van der Waals surface area contributed by atoms with Crippen molar-refractivity contribution >= 4 is 22.7 Å². The molecule has 5 rings (SSSR count). The molecule has 42 heavy (non-hydrogen) atoms. The van der Waals surface area contributed by atoms with E-state index in [2.05, 4.69) is 48.3 Å². The minimum absolute atomic E-state index is 0.0609. The monoisotopic (exact) mass is 573 g/mol. The number of likely N-dealkylation sites (tertiary alicyclic amines) is 2. The number of hydrogen-bond donors (Lipinski definition) is 1. The van der Waals surface area contributed by atoms with Crippen LogP contribution in [0.1, 0.15) is 51.5 Å². The Hall–Kier alpha value is -3.72. The normalized spacial score (nSPS) is 20.1. The van der Waals surface area contributed by atoms with Gasteiger partial charge in [-0.25, -0.2) is 4.79 Å². The number of aromatic nitrogens is 2. The number of para-hydroxylation sites is 1. The smallest absolute Gasteiger partial charge is 0.331 e. The van der Waals surface area contributed by atoms with Gasteiger partial charge in [0.15, 0.2) is 0 Å². The fourth-order valence-corrected chi connectivity index (χ4v) is 6.60. The molecule has 0 bridgehead atoms. The maximum Gasteiger partial charge on any atom is 0.331 e. The Balaban J connectivity index is 1.19. The molecule has 2 aromatic carbocycles. The van der Waals surface area contributed by atoms with Crippen LogP contribution in [0.15, 0.2) is 64.2 Å². The van der Waals surface area contributed by atoms with Gasteiger partial charge in [0.05, 0.1) is 10.9 Å². The van der Waals surface area contributed by atoms with E-state index in [0.717, 1.165) is 38.9 Å². The lowest BCUT2D eigenvalue weighted by Gasteiger charge is -2.35. The quantitative estimate of drug-likeness (QED) is 0.424. The molecule has 0 radical (unpaired) electrons. The van der Waals surface area contributed by atoms with Gasteiger partial charge in [-0.15, -0.1) is 0 Å². The third-order valence-electron chi connectivity index (χ3n) is 8.63. The second-order valence-electron chi connectivity index (χ2n) is 12.3. The van der Waals surface area contributed by atoms with E-state index in [1.54, 1.807) is 24.3 Å². The van der Waals surface area contributed by atoms with E-state index in [0.29, 0.717) is 42.2 Å². The van der Waals surface area contributed by atoms with Crippen LogP contribution in [0.5, 0.6) is 0 Å². The van der Waals surface area contributed by atoms with Gasteiger partial charge >= 0.3 is 5.69 Å². The number of hydrogen-bond acceptors (Lipinski definition) is 5. The highest BCUT2D eigenvalue weighted by atomic mass is 16.2. The number of nitrogens with one attached hydrogen (secondary N) is 1. The van der Waals surface area contributed by atoms with Crippen molar-refractivity contribution < 1.29 is 9.59 Å². The summed E-state index contributed by atoms with van der Waals surface area (Å²) in [5.41, 5.74) is 0.872. The van der Waals surface area contributed by atoms with E-state index in [1.807, 2.05) is 11.0 Å². The molecule has 0 aliphatic carbocycles. The zero-order valence-corrected chi connectivity index (χ0v) is 24.8. The third kappa shape index (κ3) is 7.18. The third-order valence-corrected chi connectivity index (χ3v) is 8.63. The molecule has 0 unspecified atom stereocenters. The van der Waals surface area contributed by atoms with Crippen LogP contribution in [0.2, 0.25) is 0 Å². The van der Waals surface area contributed by atoms with Crippen molar-refractivity contribution in [3.05, 3.63) is 81.0 Å². The van der Waals surface area contributed by atoms with Gasteiger partial charge in [0.1, 0.15) is 6.54 Å². The first-order valence-electron chi connectivity index (χ1n) is 15.3. The zero-order chi connectivity index (χ0) is 29.6. The average molecular weight is 574 g/mol. The molecule has 1 N–H and O–H groups in total. The maximum absolute atomic E-state index is 13.6. The highest BCUT2D eigenvalue weighted by Crippen LogP contribution is 2.21. The first-order chi connectivity index (χ1) is 20.3. The largest absolute Gasteiger partial charge is 0.353 e. The Kier molecular flexibility index (Phi) is 9.57. The lowest BCUT2D eigenvalue weighted by Crippen LogP contribution is -2.47. The Morgan fingerprint density at radius 2 is 1.55 bits per heavy atom. The lowest BCUT2D eigenvalue weighted by molar-refractivity contribution is -0.134. The first-order valence-corrected chi connectivity index (χ1v) is 15.3. The number of fused-ring (bicyclic) bond motifs is 1. The van der Waals surface area contributed by atoms with Gasteiger partial charge < -0.3 is 10.2 Å². The Morgan fingerprint density at radius 1 is 0.881 bits per heavy atom. The molecule has 2 aliphatic rings. The van der Waals surface area contributed by atoms with Crippen LogP contribution < -0.4 is 16.6 Å². The van der Waals surface area contributed by atoms with Crippen LogP contribution >= 0.6 is 0 Å². The van der Waals surface area contributed by atoms with Crippen LogP contribution in [0.3, 0.4) is 0 Å². The standard InChI is InChI=1S/C33H43N5O4/c1-24-19-25(2)21-36(20-24)31(40)23-38-29-12-7-6-11-28(29)32(41)37(33(38)42)16-8-13-30(39)34-27-14-17-35(18-15-27)22-26-9-4-3-5-10-26/h3-7,9-12,24-25,27H,8,13-23H2,1-2H3,(H,34,39)/t24-,25-/m1/s1. The Bertz CT molecular complexity index is 1500. The molecule has 1 aromatic heterocycles. The molecule has 2 atom stereocenters. The molecule has 224 valence electrons. The van der Waals surface area contributed by atoms with Crippen LogP contribution in [0.25, 0.3) is 10.9 Å². The molecule has 2 amide bonds. The lowest BCUT2D eigenvalue weighted by atomic mass is 9.92. The van der Waals surface area contributed by atoms with Crippen LogP contribution in [0, 0.1) is 11.8 Å². The molecule has 0 spiro atoms. The number of rotatable bonds is 9. The molecular formula is C33H43N5O4. The van der Waals surface area contributed by atoms with Gasteiger partial charge in [-0.3, -0.25) is 28.4 Å². The summed E-state index contributed by atoms with van der Waals surface area (Å²) in [6.45, 7) is 8.43. The van der Waals surface area contributed by atoms with E-state index in [1.165, 1.54) is 14.7 Å². The highest BCUT2D eigenvalue weighted by Gasteiger charge is 2.27. The molecule has 0 saturated carbocycles. The molecule has 2 aliphatic heterocycles. The summed E-state index contributed by atoms with van der Waals surface area (Å²) in [5, 5.41) is 3.54. The van der Waals surface area contributed by atoms with E-state index < -0.39 is 5.69 Å². The van der Waals surface area contributed by atoms with Gasteiger partial charge in [-0.1, -0.05) is 56.3 Å². The summed E-state index contributed by atoms with van der Waals surface area (Å²) in [7, 11) is 0. The van der Waals surface area contributed by atoms with E-state index in [-0.39, 0.29) is 42.9 Å². The second kappa shape index (κ2) is 13.5. The summed E-state index contributed by atoms with van der Waals surface area (Å²) in [5.74, 6) is 0.649. The van der Waals surface area contributed by atoms with Crippen molar-refractivity contribution in [3.63, 3.8) is 0 Å². The summed E-state index contributed by atoms with van der Waals surface area (Å²) in [6, 6.07) is 17.5. The van der Waals surface area contributed by atoms with Crippen molar-refractivity contribution in [1.82, 2.24) is 24.3 Å². The van der Waals surface area contributed by atoms with Crippen LogP contribution in [-0.4, -0.2) is 63.0 Å². The number of benzene rings is 2. The maximum atomic E-state index is 13.6. The van der Waals surface area contributed by atoms with Gasteiger partial charge in [0, 0.05) is 51.7 Å². The molecule has 3 aromatic rings. The van der Waals surface area contributed by atoms with Crippen molar-refractivity contribution in [2.75, 3.05) is 26.2 Å². The number of amides is 2. The highest BCUT2D eigenvalue weighted by molar-refractivity contribution is 5.81. The van der Waals surface area contributed by atoms with Gasteiger partial charge in [-0.2, -0.15) is 0 Å². The van der Waals surface area contributed by atoms with E-state index >= 15 is 0 Å². The summed E-state index contributed by atoms with van der Waals surface area (Å²) < 4.78 is 2.61. The predicted octanol–water partition coefficient (Wildman–Crippen LogP) is 3.23. The van der Waals surface area contributed by atoms with Crippen molar-refractivity contribution in [2.45, 2.75) is 71.6 Å². The van der Waals surface area contributed by atoms with Gasteiger partial charge in [-0.05, 0) is 55.2 Å². The minimum atomic E-state index is -0.503. The molecule has 9 heteroatoms. The van der Waals surface area contributed by atoms with Crippen molar-refractivity contribution in [2.24, 2.45) is 11.8 Å². The van der Waals surface area contributed by atoms with E-state index in [9.17, 15) is 19.2 Å². The predicted molar refractivity (Wildman–Crippen MR) is 164 cm³/mol. The number of nitrogens with zero attached hydrogens (tertiary/aromatic N) is 4. The molecule has 3 heterocycles. The summed E-state index contributed by atoms with van der Waals surface area (Å²) in [6.07, 6.45) is 3.47. The van der Waals surface area contributed by atoms with Crippen molar-refractivity contribution in [3.8, 4) is 0 Å². The fraction of sp³-hybridized carbons (Fsp3) is 0.515. The SMILES string of the molecule is C[C@@H]1C[C@@H](C)CN(C(=O)Cn2c(=O)n(CCCC(=O)NC3CCN(Cc4ccccc4)CC3)c(=O)c3ccccc32)C1. The number of piperidine rings is 2. The molecule has 2 fully saturated rings. The molecule has 2 saturated heterocycles. The topological polar surface area (TPSA) is 96.7 Å². The molecule has 9 nitrogen and oxygen atoms in total. The van der Waals surface area contributed by atoms with Crippen LogP contribution in [0.4, 0.5) is 0 Å². The zero-order valence-electron chi connectivity index (χ0n) is 24.8. The molecular weight excluding hydrogens is 530 g/mol. The van der Waals surface area contributed by atoms with Gasteiger partial charge in [0.2, 0.25) is 11.8 Å². The first kappa shape index (κ1) is 29.8. The minimum Gasteiger partial charge on any atom is -0.353 e. The Labute approximate surface area is 247 Å². The second-order valence-corrected chi connectivity index (χ2v) is 12.3. The van der Waals surface area contributed by atoms with Crippen LogP contribution in [-0.2, 0) is 29.2 Å². The number of carbonyl (C=O) groups excluding carboxylic acids is 2. The van der Waals surface area contributed by atoms with E-state index in [4.69, 9.17) is 0 Å². The average Bonchev–Trinajstić information content (AvgIpc) is 2.98. The Morgan fingerprint density at radius 3 is 2.26 bits per heavy atom. The summed E-state index contributed by atoms with van der Waals surface area (Å²) in [4.78, 5) is 57.1. The number of carbonyl (C=O) groups is 2. The van der Waals surface area contributed by atoms with Gasteiger partial charge in [0.25, 0.3) is 5.56 Å². The van der Waals surface area contributed by atoms with Crippen molar-refractivity contribution in [1.29, 1.82) is 0 Å².